The lowest BCUT2D eigenvalue weighted by atomic mass is 10.0. The van der Waals surface area contributed by atoms with Crippen molar-refractivity contribution < 1.29 is 0 Å². The van der Waals surface area contributed by atoms with Crippen LogP contribution in [-0.4, -0.2) is 6.54 Å². The van der Waals surface area contributed by atoms with Gasteiger partial charge in [0.1, 0.15) is 0 Å². The average molecular weight is 120 g/mol. The lowest BCUT2D eigenvalue weighted by Gasteiger charge is -2.05. The van der Waals surface area contributed by atoms with Gasteiger partial charge in [-0.1, -0.05) is 6.08 Å². The molecule has 2 aliphatic rings. The summed E-state index contributed by atoms with van der Waals surface area (Å²) in [7, 11) is 0. The number of nitrogens with one attached hydrogen (secondary N) is 1. The van der Waals surface area contributed by atoms with E-state index in [1.165, 1.54) is 24.1 Å². The fourth-order valence-corrected chi connectivity index (χ4v) is 1.35. The topological polar surface area (TPSA) is 12.0 Å². The third-order valence-electron chi connectivity index (χ3n) is 1.85. The second-order valence-corrected chi connectivity index (χ2v) is 2.46. The Kier molecular flexibility index (Phi) is 1.08. The summed E-state index contributed by atoms with van der Waals surface area (Å²) >= 11 is 0. The van der Waals surface area contributed by atoms with Crippen LogP contribution in [0.5, 0.6) is 0 Å². The summed E-state index contributed by atoms with van der Waals surface area (Å²) in [5.41, 5.74) is 2.86. The van der Waals surface area contributed by atoms with Crippen LogP contribution in [0.1, 0.15) is 12.8 Å². The van der Waals surface area contributed by atoms with E-state index in [9.17, 15) is 0 Å². The van der Waals surface area contributed by atoms with Crippen LogP contribution in [0.25, 0.3) is 0 Å². The average Bonchev–Trinajstić information content (AvgIpc) is 2.33. The SMILES string of the molecule is [CH]1CNC2=C1CCC=C2. The first-order valence-electron chi connectivity index (χ1n) is 3.43. The highest BCUT2D eigenvalue weighted by atomic mass is 14.9. The van der Waals surface area contributed by atoms with Gasteiger partial charge in [0.2, 0.25) is 0 Å². The van der Waals surface area contributed by atoms with Crippen molar-refractivity contribution in [2.24, 2.45) is 0 Å². The minimum atomic E-state index is 1.04. The normalized spacial score (nSPS) is 24.0. The molecule has 1 aliphatic carbocycles. The Morgan fingerprint density at radius 1 is 1.44 bits per heavy atom. The summed E-state index contributed by atoms with van der Waals surface area (Å²) in [4.78, 5) is 0. The van der Waals surface area contributed by atoms with Crippen molar-refractivity contribution in [1.82, 2.24) is 5.32 Å². The van der Waals surface area contributed by atoms with E-state index in [2.05, 4.69) is 23.9 Å². The molecule has 0 amide bonds. The van der Waals surface area contributed by atoms with Gasteiger partial charge in [0, 0.05) is 18.7 Å². The van der Waals surface area contributed by atoms with E-state index >= 15 is 0 Å². The summed E-state index contributed by atoms with van der Waals surface area (Å²) < 4.78 is 0. The number of rotatable bonds is 0. The maximum atomic E-state index is 3.30. The van der Waals surface area contributed by atoms with Crippen LogP contribution in [0.2, 0.25) is 0 Å². The molecule has 9 heavy (non-hydrogen) atoms. The van der Waals surface area contributed by atoms with E-state index in [4.69, 9.17) is 0 Å². The third kappa shape index (κ3) is 0.766. The summed E-state index contributed by atoms with van der Waals surface area (Å²) in [5.74, 6) is 0. The highest BCUT2D eigenvalue weighted by Gasteiger charge is 2.12. The minimum Gasteiger partial charge on any atom is -0.384 e. The van der Waals surface area contributed by atoms with Crippen LogP contribution in [0.15, 0.2) is 23.4 Å². The zero-order chi connectivity index (χ0) is 6.10. The molecule has 1 heterocycles. The largest absolute Gasteiger partial charge is 0.384 e. The molecule has 1 heteroatoms. The molecule has 0 atom stereocenters. The first kappa shape index (κ1) is 5.10. The summed E-state index contributed by atoms with van der Waals surface area (Å²) in [6.07, 6.45) is 9.14. The van der Waals surface area contributed by atoms with Gasteiger partial charge in [-0.3, -0.25) is 0 Å². The Morgan fingerprint density at radius 3 is 3.33 bits per heavy atom. The van der Waals surface area contributed by atoms with E-state index < -0.39 is 0 Å². The molecule has 0 aromatic rings. The fraction of sp³-hybridized carbons (Fsp3) is 0.375. The van der Waals surface area contributed by atoms with Gasteiger partial charge >= 0.3 is 0 Å². The van der Waals surface area contributed by atoms with Gasteiger partial charge in [-0.25, -0.2) is 0 Å². The second-order valence-electron chi connectivity index (χ2n) is 2.46. The number of hydrogen-bond acceptors (Lipinski definition) is 1. The predicted molar refractivity (Wildman–Crippen MR) is 37.7 cm³/mol. The predicted octanol–water partition coefficient (Wildman–Crippen LogP) is 1.40. The summed E-state index contributed by atoms with van der Waals surface area (Å²) in [6.45, 7) is 1.04. The highest BCUT2D eigenvalue weighted by Crippen LogP contribution is 2.22. The molecule has 1 aliphatic heterocycles. The van der Waals surface area contributed by atoms with Crippen LogP contribution in [0.3, 0.4) is 0 Å². The van der Waals surface area contributed by atoms with Gasteiger partial charge in [-0.15, -0.1) is 0 Å². The molecule has 1 radical (unpaired) electrons. The van der Waals surface area contributed by atoms with Gasteiger partial charge in [-0.05, 0) is 24.5 Å². The Morgan fingerprint density at radius 2 is 2.44 bits per heavy atom. The standard InChI is InChI=1S/C8H10N/c1-2-4-8-7(3-1)5-6-9-8/h2,4-5,9H,1,3,6H2. The summed E-state index contributed by atoms with van der Waals surface area (Å²) in [6, 6.07) is 0. The molecule has 47 valence electrons. The first-order chi connectivity index (χ1) is 4.47. The molecule has 0 saturated carbocycles. The van der Waals surface area contributed by atoms with Crippen molar-refractivity contribution >= 4 is 0 Å². The van der Waals surface area contributed by atoms with Gasteiger partial charge in [0.15, 0.2) is 0 Å². The van der Waals surface area contributed by atoms with Crippen LogP contribution >= 0.6 is 0 Å². The van der Waals surface area contributed by atoms with Gasteiger partial charge in [0.05, 0.1) is 0 Å². The van der Waals surface area contributed by atoms with E-state index in [-0.39, 0.29) is 0 Å². The first-order valence-corrected chi connectivity index (χ1v) is 3.43. The molecule has 0 bridgehead atoms. The zero-order valence-electron chi connectivity index (χ0n) is 5.35. The Balaban J connectivity index is 2.28. The third-order valence-corrected chi connectivity index (χ3v) is 1.85. The maximum Gasteiger partial charge on any atom is 0.0332 e. The van der Waals surface area contributed by atoms with Gasteiger partial charge < -0.3 is 5.32 Å². The molecular weight excluding hydrogens is 110 g/mol. The van der Waals surface area contributed by atoms with E-state index in [0.29, 0.717) is 0 Å². The molecule has 0 aromatic carbocycles. The van der Waals surface area contributed by atoms with Crippen molar-refractivity contribution in [3.63, 3.8) is 0 Å². The second kappa shape index (κ2) is 1.90. The number of hydrogen-bond donors (Lipinski definition) is 1. The van der Waals surface area contributed by atoms with Gasteiger partial charge in [0.25, 0.3) is 0 Å². The lowest BCUT2D eigenvalue weighted by Crippen LogP contribution is -2.05. The monoisotopic (exact) mass is 120 g/mol. The van der Waals surface area contributed by atoms with Crippen molar-refractivity contribution in [3.05, 3.63) is 29.8 Å². The fourth-order valence-electron chi connectivity index (χ4n) is 1.35. The van der Waals surface area contributed by atoms with Crippen molar-refractivity contribution in [3.8, 4) is 0 Å². The van der Waals surface area contributed by atoms with Crippen LogP contribution in [0.4, 0.5) is 0 Å². The van der Waals surface area contributed by atoms with Crippen molar-refractivity contribution in [2.45, 2.75) is 12.8 Å². The quantitative estimate of drug-likeness (QED) is 0.509. The Bertz CT molecular complexity index is 177. The Labute approximate surface area is 55.5 Å². The Hall–Kier alpha value is -0.720. The molecule has 0 spiro atoms. The molecule has 0 aromatic heterocycles. The summed E-state index contributed by atoms with van der Waals surface area (Å²) in [5, 5.41) is 3.30. The zero-order valence-corrected chi connectivity index (χ0v) is 5.35. The van der Waals surface area contributed by atoms with Crippen LogP contribution in [0, 0.1) is 6.42 Å². The molecule has 0 saturated heterocycles. The van der Waals surface area contributed by atoms with E-state index in [1.54, 1.807) is 0 Å². The van der Waals surface area contributed by atoms with Crippen LogP contribution < -0.4 is 5.32 Å². The smallest absolute Gasteiger partial charge is 0.0332 e. The molecule has 0 unspecified atom stereocenters. The molecule has 1 N–H and O–H groups in total. The number of allylic oxidation sites excluding steroid dienone is 2. The van der Waals surface area contributed by atoms with Gasteiger partial charge in [-0.2, -0.15) is 0 Å². The molecule has 0 fully saturated rings. The maximum absolute atomic E-state index is 3.30. The van der Waals surface area contributed by atoms with Crippen LogP contribution in [-0.2, 0) is 0 Å². The van der Waals surface area contributed by atoms with Crippen molar-refractivity contribution in [2.75, 3.05) is 6.54 Å². The van der Waals surface area contributed by atoms with Crippen molar-refractivity contribution in [1.29, 1.82) is 0 Å². The highest BCUT2D eigenvalue weighted by molar-refractivity contribution is 5.37. The molecule has 1 nitrogen and oxygen atoms in total. The lowest BCUT2D eigenvalue weighted by molar-refractivity contribution is 0.941. The van der Waals surface area contributed by atoms with E-state index in [1.807, 2.05) is 0 Å². The van der Waals surface area contributed by atoms with E-state index in [0.717, 1.165) is 6.54 Å². The molecule has 2 rings (SSSR count). The molecular formula is C8H10N. The minimum absolute atomic E-state index is 1.04.